The van der Waals surface area contributed by atoms with E-state index in [1.54, 1.807) is 18.2 Å². The highest BCUT2D eigenvalue weighted by molar-refractivity contribution is 6.31. The van der Waals surface area contributed by atoms with E-state index in [9.17, 15) is 9.18 Å². The Hall–Kier alpha value is -2.35. The molecule has 1 fully saturated rings. The topological polar surface area (TPSA) is 76.8 Å². The number of hydrogen-bond acceptors (Lipinski definition) is 4. The van der Waals surface area contributed by atoms with Gasteiger partial charge in [0.25, 0.3) is 0 Å². The molecule has 2 amide bonds. The zero-order chi connectivity index (χ0) is 23.5. The number of carbonyl (C=O) groups excluding carboxylic acids is 1. The van der Waals surface area contributed by atoms with E-state index in [2.05, 4.69) is 10.2 Å². The minimum absolute atomic E-state index is 0.188. The summed E-state index contributed by atoms with van der Waals surface area (Å²) in [4.78, 5) is 13.6. The third-order valence-corrected chi connectivity index (χ3v) is 5.90. The summed E-state index contributed by atoms with van der Waals surface area (Å²) >= 11 is 5.99. The van der Waals surface area contributed by atoms with Crippen LogP contribution >= 0.6 is 11.6 Å². The van der Waals surface area contributed by atoms with Crippen molar-refractivity contribution in [3.63, 3.8) is 0 Å². The van der Waals surface area contributed by atoms with Gasteiger partial charge in [0.15, 0.2) is 0 Å². The monoisotopic (exact) mass is 477 g/mol. The fourth-order valence-corrected chi connectivity index (χ4v) is 4.20. The summed E-state index contributed by atoms with van der Waals surface area (Å²) in [6, 6.07) is 11.2. The molecule has 180 valence electrons. The number of nitrogens with zero attached hydrogens (tertiary/aromatic N) is 1. The van der Waals surface area contributed by atoms with Gasteiger partial charge in [-0.2, -0.15) is 0 Å². The van der Waals surface area contributed by atoms with Gasteiger partial charge in [0, 0.05) is 31.3 Å². The van der Waals surface area contributed by atoms with Crippen LogP contribution in [-0.4, -0.2) is 49.9 Å². The molecule has 33 heavy (non-hydrogen) atoms. The number of primary amides is 1. The maximum Gasteiger partial charge on any atom is 0.316 e. The minimum Gasteiger partial charge on any atom is -0.491 e. The molecular weight excluding hydrogens is 445 g/mol. The summed E-state index contributed by atoms with van der Waals surface area (Å²) in [5, 5.41) is 3.04. The average Bonchev–Trinajstić information content (AvgIpc) is 3.01. The fraction of sp³-hybridized carbons (Fsp3) is 0.480. The summed E-state index contributed by atoms with van der Waals surface area (Å²) in [7, 11) is 0. The van der Waals surface area contributed by atoms with Gasteiger partial charge in [-0.1, -0.05) is 30.2 Å². The maximum atomic E-state index is 13.0. The van der Waals surface area contributed by atoms with Crippen LogP contribution in [0.3, 0.4) is 0 Å². The number of amides is 2. The Kier molecular flexibility index (Phi) is 10.2. The molecule has 1 heterocycles. The van der Waals surface area contributed by atoms with Crippen LogP contribution in [-0.2, 0) is 11.2 Å². The predicted molar refractivity (Wildman–Crippen MR) is 130 cm³/mol. The van der Waals surface area contributed by atoms with Gasteiger partial charge in [-0.3, -0.25) is 0 Å². The number of benzene rings is 2. The average molecular weight is 478 g/mol. The van der Waals surface area contributed by atoms with Gasteiger partial charge in [-0.25, -0.2) is 9.18 Å². The van der Waals surface area contributed by atoms with Gasteiger partial charge in [0.1, 0.15) is 11.6 Å². The molecule has 8 heteroatoms. The van der Waals surface area contributed by atoms with Gasteiger partial charge < -0.3 is 25.4 Å². The number of carbonyl (C=O) groups is 1. The quantitative estimate of drug-likeness (QED) is 0.434. The Morgan fingerprint density at radius 3 is 2.82 bits per heavy atom. The largest absolute Gasteiger partial charge is 0.491 e. The first-order chi connectivity index (χ1) is 16.0. The molecule has 1 aliphatic heterocycles. The van der Waals surface area contributed by atoms with Crippen molar-refractivity contribution in [3.05, 3.63) is 58.9 Å². The van der Waals surface area contributed by atoms with Crippen LogP contribution in [0.25, 0.3) is 0 Å². The van der Waals surface area contributed by atoms with Crippen molar-refractivity contribution >= 4 is 23.3 Å². The van der Waals surface area contributed by atoms with Crippen LogP contribution in [0.4, 0.5) is 14.9 Å². The van der Waals surface area contributed by atoms with Gasteiger partial charge >= 0.3 is 6.03 Å². The van der Waals surface area contributed by atoms with Crippen molar-refractivity contribution in [2.24, 2.45) is 5.73 Å². The first kappa shape index (κ1) is 25.3. The van der Waals surface area contributed by atoms with E-state index in [0.717, 1.165) is 64.8 Å². The highest BCUT2D eigenvalue weighted by atomic mass is 35.5. The molecule has 1 saturated heterocycles. The zero-order valence-corrected chi connectivity index (χ0v) is 19.7. The van der Waals surface area contributed by atoms with E-state index in [4.69, 9.17) is 26.8 Å². The fourth-order valence-electron chi connectivity index (χ4n) is 4.03. The molecule has 0 aromatic heterocycles. The molecule has 0 aliphatic carbocycles. The van der Waals surface area contributed by atoms with Crippen LogP contribution in [0, 0.1) is 5.82 Å². The first-order valence-corrected chi connectivity index (χ1v) is 11.9. The number of aryl methyl sites for hydroxylation is 1. The number of nitrogens with two attached hydrogens (primary N) is 1. The number of rotatable bonds is 11. The number of halogens is 2. The lowest BCUT2D eigenvalue weighted by atomic mass is 10.0. The van der Waals surface area contributed by atoms with Crippen LogP contribution < -0.4 is 15.8 Å². The Bertz CT molecular complexity index is 882. The Balaban J connectivity index is 1.37. The van der Waals surface area contributed by atoms with Crippen molar-refractivity contribution in [1.29, 1.82) is 0 Å². The summed E-state index contributed by atoms with van der Waals surface area (Å²) in [6.07, 6.45) is 6.27. The van der Waals surface area contributed by atoms with E-state index in [1.165, 1.54) is 17.7 Å². The number of unbranched alkanes of at least 4 members (excludes halogenated alkanes) is 1. The zero-order valence-electron chi connectivity index (χ0n) is 18.9. The van der Waals surface area contributed by atoms with Crippen LogP contribution in [0.5, 0.6) is 5.75 Å². The molecule has 6 nitrogen and oxygen atoms in total. The molecule has 2 aromatic carbocycles. The number of anilines is 1. The SMILES string of the molecule is NC(=O)Nc1cc(Cl)ccc1OCCCN1CCCOC(CCCCc2ccc(F)cc2)C1. The van der Waals surface area contributed by atoms with Crippen molar-refractivity contribution in [1.82, 2.24) is 4.90 Å². The number of ether oxygens (including phenoxy) is 2. The number of hydrogen-bond donors (Lipinski definition) is 2. The highest BCUT2D eigenvalue weighted by Gasteiger charge is 2.18. The van der Waals surface area contributed by atoms with Crippen molar-refractivity contribution in [2.75, 3.05) is 38.2 Å². The van der Waals surface area contributed by atoms with E-state index >= 15 is 0 Å². The van der Waals surface area contributed by atoms with Crippen molar-refractivity contribution < 1.29 is 18.7 Å². The molecular formula is C25H33ClFN3O3. The molecule has 1 aliphatic rings. The number of urea groups is 1. The summed E-state index contributed by atoms with van der Waals surface area (Å²) in [6.45, 7) is 4.17. The van der Waals surface area contributed by atoms with E-state index in [0.29, 0.717) is 23.1 Å². The lowest BCUT2D eigenvalue weighted by Crippen LogP contribution is -2.33. The molecule has 0 bridgehead atoms. The Morgan fingerprint density at radius 2 is 2.03 bits per heavy atom. The summed E-state index contributed by atoms with van der Waals surface area (Å²) in [5.41, 5.74) is 6.87. The molecule has 3 rings (SSSR count). The molecule has 1 unspecified atom stereocenters. The molecule has 3 N–H and O–H groups in total. The first-order valence-electron chi connectivity index (χ1n) is 11.6. The third kappa shape index (κ3) is 9.20. The van der Waals surface area contributed by atoms with Crippen molar-refractivity contribution in [2.45, 2.75) is 44.6 Å². The maximum absolute atomic E-state index is 13.0. The molecule has 0 radical (unpaired) electrons. The van der Waals surface area contributed by atoms with Gasteiger partial charge in [0.2, 0.25) is 0 Å². The van der Waals surface area contributed by atoms with Gasteiger partial charge in [-0.15, -0.1) is 0 Å². The van der Waals surface area contributed by atoms with Crippen LogP contribution in [0.1, 0.15) is 37.7 Å². The third-order valence-electron chi connectivity index (χ3n) is 5.66. The number of nitrogens with one attached hydrogen (secondary N) is 1. The standard InChI is InChI=1S/C25H33ClFN3O3/c26-20-9-12-24(23(17-20)29-25(28)31)33-16-4-14-30-13-3-15-32-22(18-30)6-2-1-5-19-7-10-21(27)11-8-19/h7-12,17,22H,1-6,13-16,18H2,(H3,28,29,31). The second kappa shape index (κ2) is 13.4. The molecule has 0 spiro atoms. The highest BCUT2D eigenvalue weighted by Crippen LogP contribution is 2.28. The second-order valence-corrected chi connectivity index (χ2v) is 8.79. The minimum atomic E-state index is -0.657. The predicted octanol–water partition coefficient (Wildman–Crippen LogP) is 5.24. The molecule has 2 aromatic rings. The van der Waals surface area contributed by atoms with E-state index < -0.39 is 6.03 Å². The van der Waals surface area contributed by atoms with Gasteiger partial charge in [0.05, 0.1) is 18.4 Å². The summed E-state index contributed by atoms with van der Waals surface area (Å²) < 4.78 is 24.9. The second-order valence-electron chi connectivity index (χ2n) is 8.35. The van der Waals surface area contributed by atoms with Crippen LogP contribution in [0.15, 0.2) is 42.5 Å². The molecule has 0 saturated carbocycles. The Morgan fingerprint density at radius 1 is 1.21 bits per heavy atom. The summed E-state index contributed by atoms with van der Waals surface area (Å²) in [5.74, 6) is 0.364. The Labute approximate surface area is 200 Å². The molecule has 1 atom stereocenters. The normalized spacial score (nSPS) is 16.8. The smallest absolute Gasteiger partial charge is 0.316 e. The van der Waals surface area contributed by atoms with E-state index in [-0.39, 0.29) is 11.9 Å². The van der Waals surface area contributed by atoms with E-state index in [1.807, 2.05) is 12.1 Å². The lowest BCUT2D eigenvalue weighted by Gasteiger charge is -2.24. The lowest BCUT2D eigenvalue weighted by molar-refractivity contribution is 0.0462. The van der Waals surface area contributed by atoms with Crippen LogP contribution in [0.2, 0.25) is 5.02 Å². The van der Waals surface area contributed by atoms with Gasteiger partial charge in [-0.05, 0) is 68.0 Å². The van der Waals surface area contributed by atoms with Crippen molar-refractivity contribution in [3.8, 4) is 5.75 Å².